The molecule has 2 aromatic carbocycles. The Bertz CT molecular complexity index is 1470. The van der Waals surface area contributed by atoms with Gasteiger partial charge in [0.1, 0.15) is 12.8 Å². The summed E-state index contributed by atoms with van der Waals surface area (Å²) in [5.41, 5.74) is 4.24. The molecule has 2 amide bonds. The number of benzene rings is 2. The first-order valence-electron chi connectivity index (χ1n) is 13.9. The van der Waals surface area contributed by atoms with E-state index in [-0.39, 0.29) is 28.5 Å². The summed E-state index contributed by atoms with van der Waals surface area (Å²) < 4.78 is 33.2. The first-order valence-corrected chi connectivity index (χ1v) is 13.9. The Labute approximate surface area is 237 Å². The molecule has 2 aliphatic heterocycles. The zero-order valence-corrected chi connectivity index (χ0v) is 23.1. The highest BCUT2D eigenvalue weighted by molar-refractivity contribution is 6.15. The lowest BCUT2D eigenvalue weighted by molar-refractivity contribution is 0.159. The van der Waals surface area contributed by atoms with E-state index in [2.05, 4.69) is 25.7 Å². The first kappa shape index (κ1) is 27.3. The number of hydrogen-bond donors (Lipinski definition) is 3. The van der Waals surface area contributed by atoms with Crippen LogP contribution in [0.15, 0.2) is 77.4 Å². The molecular weight excluding hydrogens is 528 g/mol. The number of halogens is 2. The van der Waals surface area contributed by atoms with E-state index >= 15 is 0 Å². The highest BCUT2D eigenvalue weighted by atomic mass is 19.2. The van der Waals surface area contributed by atoms with Crippen molar-refractivity contribution in [1.82, 2.24) is 30.3 Å². The predicted octanol–water partition coefficient (Wildman–Crippen LogP) is 4.08. The van der Waals surface area contributed by atoms with E-state index in [0.29, 0.717) is 37.6 Å². The predicted molar refractivity (Wildman–Crippen MR) is 152 cm³/mol. The summed E-state index contributed by atoms with van der Waals surface area (Å²) in [6.07, 6.45) is 5.60. The number of H-pyrrole nitrogens is 1. The third kappa shape index (κ3) is 5.40. The van der Waals surface area contributed by atoms with Crippen LogP contribution in [-0.4, -0.2) is 73.3 Å². The van der Waals surface area contributed by atoms with Crippen molar-refractivity contribution in [3.63, 3.8) is 0 Å². The quantitative estimate of drug-likeness (QED) is 0.343. The fourth-order valence-corrected chi connectivity index (χ4v) is 5.91. The number of methoxy groups -OCH3 is 1. The third-order valence-corrected chi connectivity index (χ3v) is 8.19. The lowest BCUT2D eigenvalue weighted by atomic mass is 9.94. The number of hydrogen-bond acceptors (Lipinski definition) is 5. The average Bonchev–Trinajstić information content (AvgIpc) is 3.37. The summed E-state index contributed by atoms with van der Waals surface area (Å²) in [7, 11) is 3.60. The standard InChI is InChI=1S/C30H33F2N7O2/c1-39(22-6-4-3-5-7-22)29(27(19-8-9-19)28(37-39)21-15-33-34-16-21)36-30(40)35-26-18-38(12-13-41-2)17-23(26)20-10-11-24(31)25(32)14-20/h3-7,10-11,14-16,19,23,26H,8-9,12-13,17-18H2,1-2H3,(H2-,33,34,35,36,37,40)/p+1/t23-,26+,39?/m0/s1. The van der Waals surface area contributed by atoms with E-state index in [1.807, 2.05) is 43.6 Å². The Kier molecular flexibility index (Phi) is 7.41. The molecule has 1 aliphatic carbocycles. The molecule has 0 spiro atoms. The van der Waals surface area contributed by atoms with Gasteiger partial charge in [-0.1, -0.05) is 29.4 Å². The number of ether oxygens (including phenoxy) is 1. The summed E-state index contributed by atoms with van der Waals surface area (Å²) in [4.78, 5) is 15.9. The molecule has 3 aromatic rings. The molecule has 2 fully saturated rings. The van der Waals surface area contributed by atoms with E-state index in [0.717, 1.165) is 41.4 Å². The fourth-order valence-electron chi connectivity index (χ4n) is 5.91. The Balaban J connectivity index is 1.31. The number of quaternary nitrogens is 1. The van der Waals surface area contributed by atoms with Crippen molar-refractivity contribution in [1.29, 1.82) is 0 Å². The molecule has 0 bridgehead atoms. The largest absolute Gasteiger partial charge is 0.383 e. The minimum atomic E-state index is -0.897. The molecule has 3 heterocycles. The molecule has 3 N–H and O–H groups in total. The summed E-state index contributed by atoms with van der Waals surface area (Å²) in [5.74, 6) is -1.02. The summed E-state index contributed by atoms with van der Waals surface area (Å²) in [6, 6.07) is 13.1. The van der Waals surface area contributed by atoms with Gasteiger partial charge in [-0.15, -0.1) is 4.59 Å². The third-order valence-electron chi connectivity index (χ3n) is 8.19. The summed E-state index contributed by atoms with van der Waals surface area (Å²) in [6.45, 7) is 2.33. The second-order valence-corrected chi connectivity index (χ2v) is 11.0. The maximum atomic E-state index is 14.2. The highest BCUT2D eigenvalue weighted by Gasteiger charge is 2.49. The van der Waals surface area contributed by atoms with Crippen molar-refractivity contribution < 1.29 is 18.3 Å². The Morgan fingerprint density at radius 1 is 1.15 bits per heavy atom. The van der Waals surface area contributed by atoms with E-state index in [1.165, 1.54) is 6.07 Å². The lowest BCUT2D eigenvalue weighted by Gasteiger charge is -2.27. The number of amides is 2. The molecule has 1 unspecified atom stereocenters. The molecule has 1 saturated heterocycles. The van der Waals surface area contributed by atoms with Crippen molar-refractivity contribution in [2.45, 2.75) is 24.8 Å². The number of likely N-dealkylation sites (tertiary alicyclic amines) is 1. The van der Waals surface area contributed by atoms with Crippen LogP contribution in [0.2, 0.25) is 0 Å². The number of nitrogens with one attached hydrogen (secondary N) is 3. The number of para-hydroxylation sites is 1. The first-order chi connectivity index (χ1) is 19.9. The van der Waals surface area contributed by atoms with Crippen LogP contribution in [0.1, 0.15) is 29.9 Å². The zero-order valence-electron chi connectivity index (χ0n) is 23.1. The number of aromatic nitrogens is 2. The van der Waals surface area contributed by atoms with Crippen LogP contribution < -0.4 is 15.2 Å². The Morgan fingerprint density at radius 3 is 2.63 bits per heavy atom. The average molecular weight is 563 g/mol. The number of rotatable bonds is 9. The molecule has 9 nitrogen and oxygen atoms in total. The van der Waals surface area contributed by atoms with Gasteiger partial charge in [-0.25, -0.2) is 13.6 Å². The van der Waals surface area contributed by atoms with E-state index in [4.69, 9.17) is 9.84 Å². The zero-order chi connectivity index (χ0) is 28.6. The van der Waals surface area contributed by atoms with Gasteiger partial charge in [-0.2, -0.15) is 5.10 Å². The smallest absolute Gasteiger partial charge is 0.323 e. The maximum Gasteiger partial charge on any atom is 0.323 e. The summed E-state index contributed by atoms with van der Waals surface area (Å²) in [5, 5.41) is 18.5. The van der Waals surface area contributed by atoms with Gasteiger partial charge in [0, 0.05) is 56.6 Å². The van der Waals surface area contributed by atoms with Gasteiger partial charge in [-0.3, -0.25) is 15.3 Å². The molecule has 3 atom stereocenters. The normalized spacial score (nSPS) is 24.5. The molecule has 11 heteroatoms. The van der Waals surface area contributed by atoms with Gasteiger partial charge in [0.05, 0.1) is 24.4 Å². The molecule has 1 saturated carbocycles. The van der Waals surface area contributed by atoms with Crippen LogP contribution >= 0.6 is 0 Å². The fraction of sp³-hybridized carbons (Fsp3) is 0.367. The van der Waals surface area contributed by atoms with E-state index in [1.54, 1.807) is 19.4 Å². The topological polar surface area (TPSA) is 94.6 Å². The van der Waals surface area contributed by atoms with Crippen LogP contribution in [0.5, 0.6) is 0 Å². The second-order valence-electron chi connectivity index (χ2n) is 11.0. The molecule has 1 aromatic heterocycles. The number of aromatic amines is 1. The van der Waals surface area contributed by atoms with Crippen molar-refractivity contribution in [3.8, 4) is 0 Å². The molecule has 6 rings (SSSR count). The van der Waals surface area contributed by atoms with Gasteiger partial charge in [0.2, 0.25) is 5.82 Å². The van der Waals surface area contributed by atoms with Gasteiger partial charge < -0.3 is 10.1 Å². The highest BCUT2D eigenvalue weighted by Crippen LogP contribution is 2.46. The number of nitrogens with zero attached hydrogens (tertiary/aromatic N) is 4. The number of allylic oxidation sites excluding steroid dienone is 1. The molecular formula is C30H34F2N7O2+. The van der Waals surface area contributed by atoms with E-state index < -0.39 is 11.6 Å². The Morgan fingerprint density at radius 2 is 1.95 bits per heavy atom. The molecule has 3 aliphatic rings. The lowest BCUT2D eigenvalue weighted by Crippen LogP contribution is -2.51. The minimum absolute atomic E-state index is 0.0534. The monoisotopic (exact) mass is 562 g/mol. The van der Waals surface area contributed by atoms with Crippen LogP contribution in [0.25, 0.3) is 0 Å². The number of carbonyl (C=O) groups is 1. The SMILES string of the molecule is COCCN1C[C@@H](NC(=O)NC2=C(C3CC3)C(c3cn[nH]c3)=N[N+]2(C)c2ccccc2)[C@H](c2ccc(F)c(F)c2)C1. The Hall–Kier alpha value is -3.93. The van der Waals surface area contributed by atoms with Gasteiger partial charge in [0.25, 0.3) is 0 Å². The van der Waals surface area contributed by atoms with Crippen LogP contribution in [0.4, 0.5) is 19.3 Å². The van der Waals surface area contributed by atoms with Crippen LogP contribution in [-0.2, 0) is 4.74 Å². The molecule has 41 heavy (non-hydrogen) atoms. The number of urea groups is 1. The molecule has 214 valence electrons. The van der Waals surface area contributed by atoms with Crippen molar-refractivity contribution in [3.05, 3.63) is 95.1 Å². The van der Waals surface area contributed by atoms with Crippen molar-refractivity contribution >= 4 is 17.4 Å². The maximum absolute atomic E-state index is 14.2. The van der Waals surface area contributed by atoms with Crippen LogP contribution in [0.3, 0.4) is 0 Å². The van der Waals surface area contributed by atoms with Crippen molar-refractivity contribution in [2.24, 2.45) is 11.0 Å². The van der Waals surface area contributed by atoms with Gasteiger partial charge in [-0.05, 0) is 36.5 Å². The summed E-state index contributed by atoms with van der Waals surface area (Å²) >= 11 is 0. The van der Waals surface area contributed by atoms with Gasteiger partial charge >= 0.3 is 6.03 Å². The van der Waals surface area contributed by atoms with Crippen molar-refractivity contribution in [2.75, 3.05) is 40.4 Å². The molecule has 0 radical (unpaired) electrons. The number of carbonyl (C=O) groups excluding carboxylic acids is 1. The van der Waals surface area contributed by atoms with Gasteiger partial charge in [0.15, 0.2) is 17.3 Å². The second kappa shape index (κ2) is 11.2. The van der Waals surface area contributed by atoms with E-state index in [9.17, 15) is 13.6 Å². The minimum Gasteiger partial charge on any atom is -0.383 e. The van der Waals surface area contributed by atoms with Crippen LogP contribution in [0, 0.1) is 17.6 Å².